The molecule has 1 aromatic heterocycles. The van der Waals surface area contributed by atoms with Gasteiger partial charge in [0.05, 0.1) is 29.1 Å². The van der Waals surface area contributed by atoms with E-state index < -0.39 is 0 Å². The minimum Gasteiger partial charge on any atom is -0.298 e. The predicted molar refractivity (Wildman–Crippen MR) is 104 cm³/mol. The Morgan fingerprint density at radius 1 is 0.680 bits per heavy atom. The Morgan fingerprint density at radius 3 is 2.16 bits per heavy atom. The van der Waals surface area contributed by atoms with Crippen molar-refractivity contribution in [1.82, 2.24) is 4.98 Å². The molecule has 0 saturated heterocycles. The molecule has 25 heavy (non-hydrogen) atoms. The first-order valence-corrected chi connectivity index (χ1v) is 8.37. The van der Waals surface area contributed by atoms with Crippen LogP contribution in [0.2, 0.25) is 0 Å². The summed E-state index contributed by atoms with van der Waals surface area (Å²) in [6.07, 6.45) is 0. The van der Waals surface area contributed by atoms with E-state index in [9.17, 15) is 0 Å². The summed E-state index contributed by atoms with van der Waals surface area (Å²) in [5.74, 6) is 0. The van der Waals surface area contributed by atoms with Crippen LogP contribution in [0.5, 0.6) is 0 Å². The lowest BCUT2D eigenvalue weighted by molar-refractivity contribution is 0.878. The molecule has 3 aromatic carbocycles. The first-order valence-electron chi connectivity index (χ1n) is 8.37. The number of nitrogens with zero attached hydrogens (tertiary/aromatic N) is 2. The van der Waals surface area contributed by atoms with Gasteiger partial charge in [0.1, 0.15) is 0 Å². The highest BCUT2D eigenvalue weighted by Gasteiger charge is 2.09. The summed E-state index contributed by atoms with van der Waals surface area (Å²) in [6.45, 7) is 0.670. The number of aromatic nitrogens is 1. The second-order valence-corrected chi connectivity index (χ2v) is 5.89. The summed E-state index contributed by atoms with van der Waals surface area (Å²) in [6, 6.07) is 32.9. The Labute approximate surface area is 147 Å². The molecule has 1 N–H and O–H groups in total. The van der Waals surface area contributed by atoms with Crippen LogP contribution in [-0.4, -0.2) is 4.98 Å². The third-order valence-corrected chi connectivity index (χ3v) is 4.08. The van der Waals surface area contributed by atoms with Gasteiger partial charge in [-0.1, -0.05) is 60.7 Å². The fourth-order valence-corrected chi connectivity index (χ4v) is 2.83. The predicted octanol–water partition coefficient (Wildman–Crippen LogP) is 5.27. The van der Waals surface area contributed by atoms with Crippen LogP contribution in [-0.2, 0) is 6.54 Å². The number of hydrogen-bond donors (Lipinski definition) is 1. The Kier molecular flexibility index (Phi) is 4.29. The molecule has 0 bridgehead atoms. The van der Waals surface area contributed by atoms with Crippen LogP contribution in [0.1, 0.15) is 5.69 Å². The average Bonchev–Trinajstić information content (AvgIpc) is 2.69. The fraction of sp³-hybridized carbons (Fsp3) is 0.0455. The molecule has 0 aliphatic carbocycles. The molecule has 0 fully saturated rings. The second-order valence-electron chi connectivity index (χ2n) is 5.89. The van der Waals surface area contributed by atoms with Gasteiger partial charge in [0.15, 0.2) is 0 Å². The van der Waals surface area contributed by atoms with Crippen molar-refractivity contribution < 1.29 is 0 Å². The monoisotopic (exact) mass is 325 g/mol. The number of hydrogen-bond acceptors (Lipinski definition) is 3. The number of rotatable bonds is 5. The maximum atomic E-state index is 4.80. The van der Waals surface area contributed by atoms with E-state index in [1.54, 1.807) is 0 Å². The lowest BCUT2D eigenvalue weighted by Gasteiger charge is -2.26. The molecule has 1 heterocycles. The van der Waals surface area contributed by atoms with E-state index in [0.29, 0.717) is 6.54 Å². The number of hydrazine groups is 1. The number of nitrogens with one attached hydrogen (secondary N) is 1. The zero-order valence-corrected chi connectivity index (χ0v) is 13.8. The van der Waals surface area contributed by atoms with Crippen molar-refractivity contribution in [3.63, 3.8) is 0 Å². The molecule has 0 amide bonds. The normalized spacial score (nSPS) is 10.6. The van der Waals surface area contributed by atoms with Crippen molar-refractivity contribution in [3.05, 3.63) is 103 Å². The highest BCUT2D eigenvalue weighted by molar-refractivity contribution is 5.78. The Balaban J connectivity index is 1.65. The number of fused-ring (bicyclic) bond motifs is 1. The van der Waals surface area contributed by atoms with Crippen LogP contribution in [0.3, 0.4) is 0 Å². The van der Waals surface area contributed by atoms with Gasteiger partial charge in [-0.3, -0.25) is 15.4 Å². The third-order valence-electron chi connectivity index (χ3n) is 4.08. The molecule has 0 saturated carbocycles. The van der Waals surface area contributed by atoms with Crippen LogP contribution in [0.25, 0.3) is 10.9 Å². The molecule has 0 aliphatic heterocycles. The van der Waals surface area contributed by atoms with Crippen molar-refractivity contribution in [2.45, 2.75) is 6.54 Å². The molecule has 4 aromatic rings. The topological polar surface area (TPSA) is 28.2 Å². The van der Waals surface area contributed by atoms with E-state index in [2.05, 4.69) is 59.0 Å². The number of para-hydroxylation sites is 3. The van der Waals surface area contributed by atoms with Crippen LogP contribution < -0.4 is 10.4 Å². The average molecular weight is 325 g/mol. The first kappa shape index (κ1) is 15.2. The molecule has 0 spiro atoms. The minimum absolute atomic E-state index is 0.670. The van der Waals surface area contributed by atoms with Gasteiger partial charge >= 0.3 is 0 Å². The molecule has 0 unspecified atom stereocenters. The van der Waals surface area contributed by atoms with Crippen molar-refractivity contribution in [1.29, 1.82) is 0 Å². The standard InChI is InChI=1S/C22H19N3/c1-3-10-19(11-4-1)24-25(21-12-5-2-6-13-21)17-20-16-15-18-9-7-8-14-22(18)23-20/h1-16,24H,17H2. The molecule has 0 aliphatic rings. The maximum Gasteiger partial charge on any atom is 0.0816 e. The zero-order chi connectivity index (χ0) is 16.9. The highest BCUT2D eigenvalue weighted by Crippen LogP contribution is 2.19. The van der Waals surface area contributed by atoms with E-state index in [-0.39, 0.29) is 0 Å². The quantitative estimate of drug-likeness (QED) is 0.507. The van der Waals surface area contributed by atoms with E-state index in [0.717, 1.165) is 28.0 Å². The van der Waals surface area contributed by atoms with Gasteiger partial charge in [0, 0.05) is 5.39 Å². The fourth-order valence-electron chi connectivity index (χ4n) is 2.83. The molecule has 0 radical (unpaired) electrons. The summed E-state index contributed by atoms with van der Waals surface area (Å²) in [4.78, 5) is 4.80. The van der Waals surface area contributed by atoms with Crippen molar-refractivity contribution in [2.24, 2.45) is 0 Å². The number of benzene rings is 3. The molecule has 122 valence electrons. The summed E-state index contributed by atoms with van der Waals surface area (Å²) in [7, 11) is 0. The Bertz CT molecular complexity index is 952. The van der Waals surface area contributed by atoms with Crippen molar-refractivity contribution in [3.8, 4) is 0 Å². The van der Waals surface area contributed by atoms with Gasteiger partial charge < -0.3 is 0 Å². The molecule has 4 rings (SSSR count). The largest absolute Gasteiger partial charge is 0.298 e. The third kappa shape index (κ3) is 3.61. The molecule has 0 atom stereocenters. The summed E-state index contributed by atoms with van der Waals surface area (Å²) in [5.41, 5.74) is 7.67. The smallest absolute Gasteiger partial charge is 0.0816 e. The van der Waals surface area contributed by atoms with Crippen molar-refractivity contribution in [2.75, 3.05) is 10.4 Å². The van der Waals surface area contributed by atoms with E-state index in [4.69, 9.17) is 4.98 Å². The summed E-state index contributed by atoms with van der Waals surface area (Å²) in [5, 5.41) is 3.28. The van der Waals surface area contributed by atoms with Crippen LogP contribution >= 0.6 is 0 Å². The lowest BCUT2D eigenvalue weighted by atomic mass is 10.2. The van der Waals surface area contributed by atoms with Crippen LogP contribution in [0.4, 0.5) is 11.4 Å². The van der Waals surface area contributed by atoms with Gasteiger partial charge in [-0.15, -0.1) is 0 Å². The summed E-state index contributed by atoms with van der Waals surface area (Å²) < 4.78 is 0. The van der Waals surface area contributed by atoms with Crippen LogP contribution in [0, 0.1) is 0 Å². The van der Waals surface area contributed by atoms with E-state index in [1.165, 1.54) is 0 Å². The van der Waals surface area contributed by atoms with Gasteiger partial charge in [-0.05, 0) is 36.4 Å². The van der Waals surface area contributed by atoms with Crippen LogP contribution in [0.15, 0.2) is 97.1 Å². The lowest BCUT2D eigenvalue weighted by Crippen LogP contribution is -2.29. The Morgan fingerprint density at radius 2 is 1.36 bits per heavy atom. The number of anilines is 2. The number of pyridine rings is 1. The first-order chi connectivity index (χ1) is 12.4. The molecule has 3 heteroatoms. The van der Waals surface area contributed by atoms with Crippen molar-refractivity contribution >= 4 is 22.3 Å². The Hall–Kier alpha value is -3.33. The van der Waals surface area contributed by atoms with E-state index >= 15 is 0 Å². The van der Waals surface area contributed by atoms with E-state index in [1.807, 2.05) is 48.5 Å². The molecular weight excluding hydrogens is 306 g/mol. The molecule has 3 nitrogen and oxygen atoms in total. The SMILES string of the molecule is c1ccc(NN(Cc2ccc3ccccc3n2)c2ccccc2)cc1. The van der Waals surface area contributed by atoms with Gasteiger partial charge in [-0.2, -0.15) is 0 Å². The zero-order valence-electron chi connectivity index (χ0n) is 13.8. The van der Waals surface area contributed by atoms with Gasteiger partial charge in [0.2, 0.25) is 0 Å². The highest BCUT2D eigenvalue weighted by atomic mass is 15.5. The van der Waals surface area contributed by atoms with Gasteiger partial charge in [0.25, 0.3) is 0 Å². The maximum absolute atomic E-state index is 4.80. The summed E-state index contributed by atoms with van der Waals surface area (Å²) >= 11 is 0. The molecular formula is C22H19N3. The second kappa shape index (κ2) is 7.05. The minimum atomic E-state index is 0.670. The van der Waals surface area contributed by atoms with Gasteiger partial charge in [-0.25, -0.2) is 0 Å².